The molecular weight excluding hydrogens is 583 g/mol. The lowest BCUT2D eigenvalue weighted by Gasteiger charge is -2.29. The Kier molecular flexibility index (Phi) is 7.27. The molecule has 2 amide bonds. The van der Waals surface area contributed by atoms with Crippen LogP contribution in [0.3, 0.4) is 0 Å². The number of benzene rings is 2. The Bertz CT molecular complexity index is 1530. The highest BCUT2D eigenvalue weighted by Crippen LogP contribution is 2.51. The van der Waals surface area contributed by atoms with Crippen molar-refractivity contribution in [2.45, 2.75) is 72.1 Å². The van der Waals surface area contributed by atoms with Crippen molar-refractivity contribution in [2.75, 3.05) is 13.2 Å². The number of nitrogens with one attached hydrogen (secondary N) is 1. The van der Waals surface area contributed by atoms with Gasteiger partial charge in [-0.15, -0.1) is 0 Å². The van der Waals surface area contributed by atoms with E-state index in [9.17, 15) is 36.4 Å². The maximum atomic E-state index is 13.9. The number of nitrogens with zero attached hydrogens (tertiary/aromatic N) is 2. The lowest BCUT2D eigenvalue weighted by Crippen LogP contribution is -2.51. The molecule has 2 aliphatic carbocycles. The van der Waals surface area contributed by atoms with Crippen LogP contribution in [0.4, 0.5) is 13.2 Å². The summed E-state index contributed by atoms with van der Waals surface area (Å²) in [5.41, 5.74) is -1.47. The summed E-state index contributed by atoms with van der Waals surface area (Å²) in [5.74, 6) is -4.69. The van der Waals surface area contributed by atoms with Gasteiger partial charge in [-0.2, -0.15) is 5.26 Å². The van der Waals surface area contributed by atoms with Crippen LogP contribution < -0.4 is 10.1 Å². The lowest BCUT2D eigenvalue weighted by molar-refractivity contribution is -0.140. The number of hydrogen-bond donors (Lipinski definition) is 1. The second-order valence-electron chi connectivity index (χ2n) is 11.1. The molecule has 41 heavy (non-hydrogen) atoms. The van der Waals surface area contributed by atoms with Gasteiger partial charge in [0, 0.05) is 19.5 Å². The number of hydrogen-bond acceptors (Lipinski definition) is 6. The van der Waals surface area contributed by atoms with E-state index < -0.39 is 62.2 Å². The van der Waals surface area contributed by atoms with Crippen LogP contribution in [0.2, 0.25) is 5.02 Å². The van der Waals surface area contributed by atoms with Gasteiger partial charge in [-0.05, 0) is 61.9 Å². The molecule has 0 bridgehead atoms. The van der Waals surface area contributed by atoms with E-state index in [4.69, 9.17) is 16.3 Å². The lowest BCUT2D eigenvalue weighted by atomic mass is 9.94. The van der Waals surface area contributed by atoms with Gasteiger partial charge in [0.2, 0.25) is 11.8 Å². The third kappa shape index (κ3) is 5.75. The topological polar surface area (TPSA) is 117 Å². The van der Waals surface area contributed by atoms with Crippen LogP contribution in [-0.4, -0.2) is 61.0 Å². The summed E-state index contributed by atoms with van der Waals surface area (Å²) in [7, 11) is -4.22. The SMILES string of the molecule is CC(F)(F)COc1ccc(S(=O)(=O)C2CC(C(=O)NC3(C#N)CC3)N(C(=O)C3(c4ccc(F)cc4)CC3)C2)c(Cl)c1. The first-order valence-corrected chi connectivity index (χ1v) is 15.0. The van der Waals surface area contributed by atoms with Crippen molar-refractivity contribution in [1.82, 2.24) is 10.2 Å². The van der Waals surface area contributed by atoms with Gasteiger partial charge in [-0.25, -0.2) is 21.6 Å². The summed E-state index contributed by atoms with van der Waals surface area (Å²) in [6.45, 7) is -0.555. The summed E-state index contributed by atoms with van der Waals surface area (Å²) in [4.78, 5) is 28.3. The minimum Gasteiger partial charge on any atom is -0.487 e. The van der Waals surface area contributed by atoms with Gasteiger partial charge in [-0.3, -0.25) is 9.59 Å². The van der Waals surface area contributed by atoms with Gasteiger partial charge in [0.25, 0.3) is 5.92 Å². The number of rotatable bonds is 9. The molecule has 218 valence electrons. The zero-order valence-electron chi connectivity index (χ0n) is 22.0. The molecule has 2 saturated carbocycles. The predicted molar refractivity (Wildman–Crippen MR) is 142 cm³/mol. The van der Waals surface area contributed by atoms with Gasteiger partial charge < -0.3 is 15.0 Å². The summed E-state index contributed by atoms with van der Waals surface area (Å²) < 4.78 is 72.4. The summed E-state index contributed by atoms with van der Waals surface area (Å²) in [6.07, 6.45) is 1.56. The number of carbonyl (C=O) groups is 2. The van der Waals surface area contributed by atoms with Crippen LogP contribution in [0, 0.1) is 17.1 Å². The quantitative estimate of drug-likeness (QED) is 0.456. The number of halogens is 4. The number of alkyl halides is 2. The molecule has 1 aliphatic heterocycles. The fraction of sp³-hybridized carbons (Fsp3) is 0.464. The highest BCUT2D eigenvalue weighted by atomic mass is 35.5. The molecule has 2 atom stereocenters. The molecule has 1 heterocycles. The van der Waals surface area contributed by atoms with Gasteiger partial charge in [0.15, 0.2) is 16.4 Å². The molecule has 3 aliphatic rings. The van der Waals surface area contributed by atoms with Crippen molar-refractivity contribution >= 4 is 33.3 Å². The third-order valence-electron chi connectivity index (χ3n) is 7.85. The average Bonchev–Trinajstić information content (AvgIpc) is 3.83. The molecule has 3 fully saturated rings. The van der Waals surface area contributed by atoms with Crippen LogP contribution in [0.5, 0.6) is 5.75 Å². The number of likely N-dealkylation sites (tertiary alicyclic amines) is 1. The molecule has 5 rings (SSSR count). The molecular formula is C28H27ClF3N3O5S. The van der Waals surface area contributed by atoms with Crippen LogP contribution >= 0.6 is 11.6 Å². The van der Waals surface area contributed by atoms with Crippen molar-refractivity contribution in [3.05, 3.63) is 58.9 Å². The largest absolute Gasteiger partial charge is 0.487 e. The van der Waals surface area contributed by atoms with Gasteiger partial charge in [0.1, 0.15) is 23.1 Å². The van der Waals surface area contributed by atoms with E-state index in [2.05, 4.69) is 11.4 Å². The second-order valence-corrected chi connectivity index (χ2v) is 13.7. The molecule has 2 aromatic carbocycles. The maximum Gasteiger partial charge on any atom is 0.278 e. The molecule has 13 heteroatoms. The first kappa shape index (κ1) is 29.2. The molecule has 2 unspecified atom stereocenters. The normalized spacial score (nSPS) is 22.5. The molecule has 0 spiro atoms. The van der Waals surface area contributed by atoms with Crippen molar-refractivity contribution in [3.63, 3.8) is 0 Å². The van der Waals surface area contributed by atoms with E-state index in [0.717, 1.165) is 12.1 Å². The molecule has 8 nitrogen and oxygen atoms in total. The first-order valence-electron chi connectivity index (χ1n) is 13.0. The maximum absolute atomic E-state index is 13.9. The van der Waals surface area contributed by atoms with Crippen LogP contribution in [0.25, 0.3) is 0 Å². The first-order chi connectivity index (χ1) is 19.2. The summed E-state index contributed by atoms with van der Waals surface area (Å²) >= 11 is 6.26. The molecule has 2 aromatic rings. The molecule has 0 radical (unpaired) electrons. The van der Waals surface area contributed by atoms with E-state index >= 15 is 0 Å². The zero-order chi connectivity index (χ0) is 29.8. The van der Waals surface area contributed by atoms with Gasteiger partial charge in [0.05, 0.1) is 26.7 Å². The molecule has 0 aromatic heterocycles. The average molecular weight is 610 g/mol. The van der Waals surface area contributed by atoms with Crippen molar-refractivity contribution in [3.8, 4) is 11.8 Å². The molecule has 1 N–H and O–H groups in total. The van der Waals surface area contributed by atoms with Crippen molar-refractivity contribution in [2.24, 2.45) is 0 Å². The Hall–Kier alpha value is -3.30. The number of nitriles is 1. The highest BCUT2D eigenvalue weighted by Gasteiger charge is 2.58. The Morgan fingerprint density at radius 1 is 1.17 bits per heavy atom. The summed E-state index contributed by atoms with van der Waals surface area (Å²) in [5, 5.41) is 10.7. The minimum absolute atomic E-state index is 0.0443. The van der Waals surface area contributed by atoms with Crippen LogP contribution in [0.1, 0.15) is 44.6 Å². The minimum atomic E-state index is -4.22. The van der Waals surface area contributed by atoms with Crippen LogP contribution in [-0.2, 0) is 24.8 Å². The smallest absolute Gasteiger partial charge is 0.278 e. The molecule has 1 saturated heterocycles. The zero-order valence-corrected chi connectivity index (χ0v) is 23.6. The van der Waals surface area contributed by atoms with E-state index in [-0.39, 0.29) is 28.6 Å². The predicted octanol–water partition coefficient (Wildman–Crippen LogP) is 4.16. The number of amides is 2. The van der Waals surface area contributed by atoms with E-state index in [1.165, 1.54) is 35.2 Å². The standard InChI is InChI=1S/C28H27ClF3N3O5S/c1-26(31,32)16-40-19-6-7-23(21(29)12-19)41(38,39)20-13-22(24(36)34-27(15-33)8-9-27)35(14-20)25(37)28(10-11-28)17-2-4-18(30)5-3-17/h2-7,12,20,22H,8-11,13-14,16H2,1H3,(H,34,36). The number of sulfone groups is 1. The highest BCUT2D eigenvalue weighted by molar-refractivity contribution is 7.92. The Morgan fingerprint density at radius 2 is 1.83 bits per heavy atom. The van der Waals surface area contributed by atoms with Crippen LogP contribution in [0.15, 0.2) is 47.4 Å². The van der Waals surface area contributed by atoms with E-state index in [1.807, 2.05) is 0 Å². The Morgan fingerprint density at radius 3 is 2.37 bits per heavy atom. The monoisotopic (exact) mass is 609 g/mol. The second kappa shape index (κ2) is 10.2. The van der Waals surface area contributed by atoms with Crippen molar-refractivity contribution < 1.29 is 35.9 Å². The fourth-order valence-corrected chi connectivity index (χ4v) is 7.42. The Balaban J connectivity index is 1.43. The van der Waals surface area contributed by atoms with E-state index in [1.54, 1.807) is 0 Å². The van der Waals surface area contributed by atoms with E-state index in [0.29, 0.717) is 38.2 Å². The fourth-order valence-electron chi connectivity index (χ4n) is 5.19. The van der Waals surface area contributed by atoms with Crippen molar-refractivity contribution in [1.29, 1.82) is 5.26 Å². The Labute approximate surface area is 240 Å². The van der Waals surface area contributed by atoms with Gasteiger partial charge >= 0.3 is 0 Å². The van der Waals surface area contributed by atoms with Gasteiger partial charge in [-0.1, -0.05) is 23.7 Å². The summed E-state index contributed by atoms with van der Waals surface area (Å²) in [6, 6.07) is 9.87. The third-order valence-corrected chi connectivity index (χ3v) is 10.5. The number of carbonyl (C=O) groups excluding carboxylic acids is 2. The number of ether oxygens (including phenoxy) is 1.